The van der Waals surface area contributed by atoms with E-state index in [4.69, 9.17) is 5.11 Å². The molecule has 1 aliphatic heterocycles. The number of likely N-dealkylation sites (N-methyl/N-ethyl adjacent to an activating group) is 1. The fraction of sp³-hybridized carbons (Fsp3) is 0.500. The predicted octanol–water partition coefficient (Wildman–Crippen LogP) is 0.798. The molecule has 0 aliphatic carbocycles. The number of nitrogens with zero attached hydrogens (tertiary/aromatic N) is 3. The summed E-state index contributed by atoms with van der Waals surface area (Å²) in [6.45, 7) is 3.79. The fourth-order valence-corrected chi connectivity index (χ4v) is 2.51. The van der Waals surface area contributed by atoms with Crippen LogP contribution in [0.3, 0.4) is 0 Å². The smallest absolute Gasteiger partial charge is 0.271 e. The van der Waals surface area contributed by atoms with Gasteiger partial charge in [-0.1, -0.05) is 13.0 Å². The van der Waals surface area contributed by atoms with E-state index < -0.39 is 4.92 Å². The standard InChI is InChI=1S/C14H19N3O4/c1-2-15(7-8-18)10-14(19)16-6-5-11-3-4-12(17(20)21)9-13(11)16/h3-4,9,18H,2,5-8,10H2,1H3. The van der Waals surface area contributed by atoms with E-state index in [9.17, 15) is 14.9 Å². The minimum atomic E-state index is -0.453. The van der Waals surface area contributed by atoms with Gasteiger partial charge in [0.1, 0.15) is 0 Å². The Hall–Kier alpha value is -1.99. The van der Waals surface area contributed by atoms with Crippen LogP contribution < -0.4 is 4.90 Å². The first kappa shape index (κ1) is 15.4. The highest BCUT2D eigenvalue weighted by molar-refractivity contribution is 5.97. The van der Waals surface area contributed by atoms with E-state index in [0.29, 0.717) is 31.7 Å². The number of amides is 1. The molecule has 0 radical (unpaired) electrons. The first-order valence-corrected chi connectivity index (χ1v) is 6.97. The molecule has 21 heavy (non-hydrogen) atoms. The maximum Gasteiger partial charge on any atom is 0.271 e. The molecule has 2 rings (SSSR count). The van der Waals surface area contributed by atoms with Gasteiger partial charge >= 0.3 is 0 Å². The molecule has 1 aliphatic rings. The Kier molecular flexibility index (Phi) is 4.87. The summed E-state index contributed by atoms with van der Waals surface area (Å²) in [6.07, 6.45) is 0.713. The van der Waals surface area contributed by atoms with E-state index >= 15 is 0 Å². The second-order valence-corrected chi connectivity index (χ2v) is 4.96. The lowest BCUT2D eigenvalue weighted by molar-refractivity contribution is -0.384. The minimum Gasteiger partial charge on any atom is -0.395 e. The van der Waals surface area contributed by atoms with Gasteiger partial charge in [0.15, 0.2) is 0 Å². The summed E-state index contributed by atoms with van der Waals surface area (Å²) in [5, 5.41) is 19.8. The van der Waals surface area contributed by atoms with Crippen molar-refractivity contribution in [2.24, 2.45) is 0 Å². The molecule has 0 saturated carbocycles. The summed E-state index contributed by atoms with van der Waals surface area (Å²) in [6, 6.07) is 4.64. The highest BCUT2D eigenvalue weighted by Gasteiger charge is 2.27. The van der Waals surface area contributed by atoms with Gasteiger partial charge in [0.2, 0.25) is 5.91 Å². The largest absolute Gasteiger partial charge is 0.395 e. The second-order valence-electron chi connectivity index (χ2n) is 4.96. The number of carbonyl (C=O) groups is 1. The van der Waals surface area contributed by atoms with Crippen molar-refractivity contribution in [3.63, 3.8) is 0 Å². The van der Waals surface area contributed by atoms with Gasteiger partial charge in [-0.2, -0.15) is 0 Å². The maximum absolute atomic E-state index is 12.4. The van der Waals surface area contributed by atoms with Crippen LogP contribution in [0, 0.1) is 10.1 Å². The van der Waals surface area contributed by atoms with Crippen LogP contribution in [0.4, 0.5) is 11.4 Å². The van der Waals surface area contributed by atoms with Gasteiger partial charge in [-0.15, -0.1) is 0 Å². The second kappa shape index (κ2) is 6.64. The normalized spacial score (nSPS) is 13.6. The van der Waals surface area contributed by atoms with Crippen molar-refractivity contribution in [2.45, 2.75) is 13.3 Å². The number of fused-ring (bicyclic) bond motifs is 1. The zero-order valence-electron chi connectivity index (χ0n) is 12.0. The Balaban J connectivity index is 2.15. The first-order valence-electron chi connectivity index (χ1n) is 6.97. The number of rotatable bonds is 6. The number of nitro benzene ring substituents is 1. The number of carbonyl (C=O) groups excluding carboxylic acids is 1. The Morgan fingerprint density at radius 1 is 1.52 bits per heavy atom. The lowest BCUT2D eigenvalue weighted by atomic mass is 10.1. The van der Waals surface area contributed by atoms with Crippen LogP contribution in [0.2, 0.25) is 0 Å². The summed E-state index contributed by atoms with van der Waals surface area (Å²) in [5.41, 5.74) is 1.59. The molecule has 0 atom stereocenters. The molecule has 7 heteroatoms. The zero-order chi connectivity index (χ0) is 15.4. The summed E-state index contributed by atoms with van der Waals surface area (Å²) in [5.74, 6) is -0.0930. The number of anilines is 1. The van der Waals surface area contributed by atoms with E-state index in [1.54, 1.807) is 11.0 Å². The molecule has 0 spiro atoms. The lowest BCUT2D eigenvalue weighted by Gasteiger charge is -2.23. The van der Waals surface area contributed by atoms with Crippen LogP contribution >= 0.6 is 0 Å². The quantitative estimate of drug-likeness (QED) is 0.619. The Bertz CT molecular complexity index is 547. The number of non-ortho nitro benzene ring substituents is 1. The summed E-state index contributed by atoms with van der Waals surface area (Å²) < 4.78 is 0. The Morgan fingerprint density at radius 3 is 2.90 bits per heavy atom. The zero-order valence-corrected chi connectivity index (χ0v) is 12.0. The summed E-state index contributed by atoms with van der Waals surface area (Å²) in [7, 11) is 0. The molecular formula is C14H19N3O4. The molecule has 7 nitrogen and oxygen atoms in total. The summed E-state index contributed by atoms with van der Waals surface area (Å²) in [4.78, 5) is 26.2. The first-order chi connectivity index (χ1) is 10.1. The number of hydrogen-bond acceptors (Lipinski definition) is 5. The van der Waals surface area contributed by atoms with Crippen molar-refractivity contribution in [1.29, 1.82) is 0 Å². The minimum absolute atomic E-state index is 0.00315. The predicted molar refractivity (Wildman–Crippen MR) is 78.4 cm³/mol. The Labute approximate surface area is 122 Å². The molecule has 1 N–H and O–H groups in total. The molecule has 0 bridgehead atoms. The SMILES string of the molecule is CCN(CCO)CC(=O)N1CCc2ccc([N+](=O)[O-])cc21. The monoisotopic (exact) mass is 293 g/mol. The van der Waals surface area contributed by atoms with Crippen molar-refractivity contribution in [3.8, 4) is 0 Å². The van der Waals surface area contributed by atoms with Gasteiger partial charge in [0.25, 0.3) is 5.69 Å². The van der Waals surface area contributed by atoms with Gasteiger partial charge < -0.3 is 10.0 Å². The van der Waals surface area contributed by atoms with Crippen molar-refractivity contribution >= 4 is 17.3 Å². The van der Waals surface area contributed by atoms with Gasteiger partial charge in [0.05, 0.1) is 23.8 Å². The van der Waals surface area contributed by atoms with Crippen LogP contribution in [0.25, 0.3) is 0 Å². The number of aliphatic hydroxyl groups excluding tert-OH is 1. The molecule has 114 valence electrons. The van der Waals surface area contributed by atoms with Crippen molar-refractivity contribution in [2.75, 3.05) is 37.7 Å². The average Bonchev–Trinajstić information content (AvgIpc) is 2.89. The number of benzene rings is 1. The van der Waals surface area contributed by atoms with Crippen LogP contribution in [-0.4, -0.2) is 53.6 Å². The molecule has 1 heterocycles. The molecule has 0 fully saturated rings. The van der Waals surface area contributed by atoms with E-state index in [1.165, 1.54) is 12.1 Å². The third-order valence-corrected chi connectivity index (χ3v) is 3.70. The maximum atomic E-state index is 12.4. The number of hydrogen-bond donors (Lipinski definition) is 1. The van der Waals surface area contributed by atoms with E-state index in [0.717, 1.165) is 5.56 Å². The molecule has 1 aromatic carbocycles. The van der Waals surface area contributed by atoms with Crippen LogP contribution in [0.5, 0.6) is 0 Å². The number of aliphatic hydroxyl groups is 1. The highest BCUT2D eigenvalue weighted by atomic mass is 16.6. The van der Waals surface area contributed by atoms with E-state index in [-0.39, 0.29) is 24.7 Å². The fourth-order valence-electron chi connectivity index (χ4n) is 2.51. The lowest BCUT2D eigenvalue weighted by Crippen LogP contribution is -2.40. The molecule has 0 aromatic heterocycles. The summed E-state index contributed by atoms with van der Waals surface area (Å²) >= 11 is 0. The van der Waals surface area contributed by atoms with E-state index in [1.807, 2.05) is 11.8 Å². The topological polar surface area (TPSA) is 86.9 Å². The van der Waals surface area contributed by atoms with Crippen molar-refractivity contribution in [3.05, 3.63) is 33.9 Å². The third-order valence-electron chi connectivity index (χ3n) is 3.70. The van der Waals surface area contributed by atoms with Gasteiger partial charge in [-0.25, -0.2) is 0 Å². The third kappa shape index (κ3) is 3.37. The molecule has 1 amide bonds. The van der Waals surface area contributed by atoms with Crippen LogP contribution in [0.15, 0.2) is 18.2 Å². The van der Waals surface area contributed by atoms with Gasteiger partial charge in [-0.05, 0) is 18.5 Å². The molecule has 1 aromatic rings. The van der Waals surface area contributed by atoms with Gasteiger partial charge in [-0.3, -0.25) is 19.8 Å². The molecular weight excluding hydrogens is 274 g/mol. The van der Waals surface area contributed by atoms with Crippen LogP contribution in [0.1, 0.15) is 12.5 Å². The Morgan fingerprint density at radius 2 is 2.29 bits per heavy atom. The van der Waals surface area contributed by atoms with Crippen molar-refractivity contribution in [1.82, 2.24) is 4.90 Å². The number of nitro groups is 1. The highest BCUT2D eigenvalue weighted by Crippen LogP contribution is 2.31. The van der Waals surface area contributed by atoms with Crippen molar-refractivity contribution < 1.29 is 14.8 Å². The van der Waals surface area contributed by atoms with Gasteiger partial charge in [0, 0.05) is 25.2 Å². The average molecular weight is 293 g/mol. The van der Waals surface area contributed by atoms with Crippen LogP contribution in [-0.2, 0) is 11.2 Å². The molecule has 0 saturated heterocycles. The van der Waals surface area contributed by atoms with E-state index in [2.05, 4.69) is 0 Å². The molecule has 0 unspecified atom stereocenters.